The molecule has 21 heavy (non-hydrogen) atoms. The molecule has 0 aromatic carbocycles. The van der Waals surface area contributed by atoms with Crippen LogP contribution in [0.5, 0.6) is 0 Å². The van der Waals surface area contributed by atoms with Crippen molar-refractivity contribution >= 4 is 17.7 Å². The third-order valence-corrected chi connectivity index (χ3v) is 3.04. The number of alkyl halides is 1. The molecule has 120 valence electrons. The van der Waals surface area contributed by atoms with Gasteiger partial charge in [-0.05, 0) is 6.92 Å². The van der Waals surface area contributed by atoms with Gasteiger partial charge in [0.1, 0.15) is 18.2 Å². The molecule has 10 heteroatoms. The molecule has 0 aliphatic carbocycles. The highest BCUT2D eigenvalue weighted by Crippen LogP contribution is 2.30. The van der Waals surface area contributed by atoms with Crippen LogP contribution in [0.1, 0.15) is 13.8 Å². The summed E-state index contributed by atoms with van der Waals surface area (Å²) in [6.45, 7) is 2.11. The second-order valence-electron chi connectivity index (χ2n) is 4.76. The van der Waals surface area contributed by atoms with Gasteiger partial charge in [0, 0.05) is 6.92 Å². The number of carbonyl (C=O) groups excluding carboxylic acids is 2. The number of hydrogen-bond donors (Lipinski definition) is 5. The Morgan fingerprint density at radius 1 is 1.43 bits per heavy atom. The lowest BCUT2D eigenvalue weighted by molar-refractivity contribution is -0.289. The average Bonchev–Trinajstić information content (AvgIpc) is 2.37. The molecule has 1 aliphatic rings. The van der Waals surface area contributed by atoms with Crippen molar-refractivity contribution in [1.29, 1.82) is 0 Å². The summed E-state index contributed by atoms with van der Waals surface area (Å²) >= 11 is 0. The molecule has 0 unspecified atom stereocenters. The van der Waals surface area contributed by atoms with Crippen LogP contribution in [0.3, 0.4) is 0 Å². The Morgan fingerprint density at radius 3 is 2.33 bits per heavy atom. The maximum atomic E-state index is 13.8. The molecular weight excluding hydrogens is 293 g/mol. The maximum absolute atomic E-state index is 13.8. The molecule has 9 nitrogen and oxygen atoms in total. The van der Waals surface area contributed by atoms with Gasteiger partial charge in [-0.25, -0.2) is 9.18 Å². The number of amides is 1. The molecule has 0 bridgehead atoms. The highest BCUT2D eigenvalue weighted by Gasteiger charge is 2.61. The van der Waals surface area contributed by atoms with Crippen molar-refractivity contribution in [2.24, 2.45) is 0 Å². The van der Waals surface area contributed by atoms with Crippen molar-refractivity contribution < 1.29 is 43.9 Å². The molecule has 6 atom stereocenters. The number of Topliss-reactive ketones (excluding diaryl/α,β-unsaturated/α-hetero) is 1. The van der Waals surface area contributed by atoms with Crippen molar-refractivity contribution in [2.75, 3.05) is 0 Å². The summed E-state index contributed by atoms with van der Waals surface area (Å²) in [5, 5.41) is 39.5. The minimum atomic E-state index is -3.51. The summed E-state index contributed by atoms with van der Waals surface area (Å²) in [6, 6.07) is -1.75. The molecular formula is C11H16FNO8. The molecule has 1 rings (SSSR count). The van der Waals surface area contributed by atoms with Gasteiger partial charge >= 0.3 is 11.8 Å². The molecule has 0 spiro atoms. The predicted octanol–water partition coefficient (Wildman–Crippen LogP) is -2.69. The minimum absolute atomic E-state index is 0.771. The number of carboxylic acids is 1. The average molecular weight is 309 g/mol. The second-order valence-corrected chi connectivity index (χ2v) is 4.76. The van der Waals surface area contributed by atoms with Crippen molar-refractivity contribution in [3.63, 3.8) is 0 Å². The number of ketones is 1. The van der Waals surface area contributed by atoms with Crippen molar-refractivity contribution in [2.45, 2.75) is 50.2 Å². The lowest BCUT2D eigenvalue weighted by Gasteiger charge is -2.42. The summed E-state index contributed by atoms with van der Waals surface area (Å²) in [7, 11) is 0. The first-order valence-electron chi connectivity index (χ1n) is 5.97. The van der Waals surface area contributed by atoms with Crippen LogP contribution in [0.15, 0.2) is 0 Å². The summed E-state index contributed by atoms with van der Waals surface area (Å²) < 4.78 is 18.4. The standard InChI is InChI=1S/C11H16FNO8/c1-3(14)6(16)8-5(13-4(2)15)7(17)9(12)11(20,21-8)10(18)19/h3,5-6,8-9,14,16,20H,1-2H3,(H,13,15)(H,18,19)/t3-,5-,6-,8-,9-,11+/m1/s1. The van der Waals surface area contributed by atoms with E-state index in [4.69, 9.17) is 5.11 Å². The van der Waals surface area contributed by atoms with Crippen LogP contribution >= 0.6 is 0 Å². The smallest absolute Gasteiger partial charge is 0.368 e. The Balaban J connectivity index is 3.22. The number of halogens is 1. The first kappa shape index (κ1) is 17.4. The van der Waals surface area contributed by atoms with Crippen LogP contribution in [0.2, 0.25) is 0 Å². The van der Waals surface area contributed by atoms with E-state index >= 15 is 0 Å². The number of nitrogens with one attached hydrogen (secondary N) is 1. The van der Waals surface area contributed by atoms with E-state index < -0.39 is 54.0 Å². The van der Waals surface area contributed by atoms with E-state index in [0.717, 1.165) is 13.8 Å². The highest BCUT2D eigenvalue weighted by molar-refractivity contribution is 5.97. The van der Waals surface area contributed by atoms with Crippen LogP contribution in [0.25, 0.3) is 0 Å². The number of ether oxygens (including phenoxy) is 1. The molecule has 0 radical (unpaired) electrons. The van der Waals surface area contributed by atoms with Crippen LogP contribution < -0.4 is 5.32 Å². The zero-order valence-corrected chi connectivity index (χ0v) is 11.2. The molecule has 0 saturated carbocycles. The predicted molar refractivity (Wildman–Crippen MR) is 62.7 cm³/mol. The van der Waals surface area contributed by atoms with Gasteiger partial charge in [0.2, 0.25) is 12.1 Å². The second kappa shape index (κ2) is 6.02. The molecule has 1 aliphatic heterocycles. The van der Waals surface area contributed by atoms with E-state index in [2.05, 4.69) is 4.74 Å². The first-order chi connectivity index (χ1) is 9.52. The van der Waals surface area contributed by atoms with E-state index in [0.29, 0.717) is 0 Å². The summed E-state index contributed by atoms with van der Waals surface area (Å²) in [5.41, 5.74) is 0. The van der Waals surface area contributed by atoms with Gasteiger partial charge in [-0.15, -0.1) is 0 Å². The summed E-state index contributed by atoms with van der Waals surface area (Å²) in [4.78, 5) is 33.8. The number of rotatable bonds is 4. The molecule has 1 saturated heterocycles. The van der Waals surface area contributed by atoms with Gasteiger partial charge < -0.3 is 30.5 Å². The van der Waals surface area contributed by atoms with Crippen molar-refractivity contribution in [1.82, 2.24) is 5.32 Å². The van der Waals surface area contributed by atoms with Crippen LogP contribution in [-0.4, -0.2) is 74.4 Å². The van der Waals surface area contributed by atoms with Gasteiger partial charge in [-0.3, -0.25) is 9.59 Å². The van der Waals surface area contributed by atoms with E-state index in [1.165, 1.54) is 0 Å². The minimum Gasteiger partial charge on any atom is -0.477 e. The fourth-order valence-corrected chi connectivity index (χ4v) is 1.92. The zero-order chi connectivity index (χ0) is 16.5. The molecule has 0 aromatic heterocycles. The molecule has 1 heterocycles. The Hall–Kier alpha value is -1.62. The Labute approximate surface area is 118 Å². The van der Waals surface area contributed by atoms with Gasteiger partial charge in [0.15, 0.2) is 5.78 Å². The number of aliphatic carboxylic acids is 1. The Bertz CT molecular complexity index is 456. The fraction of sp³-hybridized carbons (Fsp3) is 0.727. The van der Waals surface area contributed by atoms with Gasteiger partial charge in [0.05, 0.1) is 6.10 Å². The van der Waals surface area contributed by atoms with E-state index in [1.807, 2.05) is 5.32 Å². The third kappa shape index (κ3) is 3.18. The number of carbonyl (C=O) groups is 3. The third-order valence-electron chi connectivity index (χ3n) is 3.04. The van der Waals surface area contributed by atoms with Crippen molar-refractivity contribution in [3.05, 3.63) is 0 Å². The molecule has 0 aromatic rings. The number of aliphatic hydroxyl groups excluding tert-OH is 2. The van der Waals surface area contributed by atoms with Gasteiger partial charge in [0.25, 0.3) is 0 Å². The zero-order valence-electron chi connectivity index (χ0n) is 11.2. The number of aliphatic hydroxyl groups is 3. The monoisotopic (exact) mass is 309 g/mol. The van der Waals surface area contributed by atoms with Crippen molar-refractivity contribution in [3.8, 4) is 0 Å². The molecule has 5 N–H and O–H groups in total. The van der Waals surface area contributed by atoms with E-state index in [9.17, 15) is 34.1 Å². The lowest BCUT2D eigenvalue weighted by atomic mass is 9.89. The molecule has 1 fully saturated rings. The van der Waals surface area contributed by atoms with Gasteiger partial charge in [-0.1, -0.05) is 0 Å². The van der Waals surface area contributed by atoms with Crippen LogP contribution in [0, 0.1) is 0 Å². The summed E-state index contributed by atoms with van der Waals surface area (Å²) in [5.74, 6) is -7.93. The largest absolute Gasteiger partial charge is 0.477 e. The number of hydrogen-bond acceptors (Lipinski definition) is 7. The highest BCUT2D eigenvalue weighted by atomic mass is 19.1. The van der Waals surface area contributed by atoms with Gasteiger partial charge in [-0.2, -0.15) is 0 Å². The SMILES string of the molecule is CC(=O)N[C@@H]1C(=O)[C@@H](F)[C@@](O)(C(=O)O)O[C@H]1[C@H](O)[C@@H](C)O. The normalized spacial score (nSPS) is 35.9. The van der Waals surface area contributed by atoms with E-state index in [1.54, 1.807) is 0 Å². The molecule has 1 amide bonds. The summed E-state index contributed by atoms with van der Waals surface area (Å²) in [6.07, 6.45) is -8.14. The fourth-order valence-electron chi connectivity index (χ4n) is 1.92. The lowest BCUT2D eigenvalue weighted by Crippen LogP contribution is -2.70. The maximum Gasteiger partial charge on any atom is 0.368 e. The van der Waals surface area contributed by atoms with Crippen LogP contribution in [-0.2, 0) is 19.1 Å². The number of carboxylic acid groups (broad SMARTS) is 1. The first-order valence-corrected chi connectivity index (χ1v) is 5.97. The topological polar surface area (TPSA) is 153 Å². The van der Waals surface area contributed by atoms with E-state index in [-0.39, 0.29) is 0 Å². The Kier molecular flexibility index (Phi) is 4.99. The van der Waals surface area contributed by atoms with Crippen LogP contribution in [0.4, 0.5) is 4.39 Å². The quantitative estimate of drug-likeness (QED) is 0.376. The Morgan fingerprint density at radius 2 is 1.95 bits per heavy atom.